The van der Waals surface area contributed by atoms with Crippen LogP contribution in [-0.4, -0.2) is 25.3 Å². The maximum atomic E-state index is 12.5. The quantitative estimate of drug-likeness (QED) is 0.762. The summed E-state index contributed by atoms with van der Waals surface area (Å²) in [7, 11) is 0. The van der Waals surface area contributed by atoms with Crippen molar-refractivity contribution in [2.45, 2.75) is 39.2 Å². The first-order valence-corrected chi connectivity index (χ1v) is 8.47. The van der Waals surface area contributed by atoms with E-state index in [-0.39, 0.29) is 17.2 Å². The van der Waals surface area contributed by atoms with Gasteiger partial charge in [-0.3, -0.25) is 9.20 Å². The van der Waals surface area contributed by atoms with Gasteiger partial charge in [0.25, 0.3) is 5.91 Å². The van der Waals surface area contributed by atoms with Crippen LogP contribution in [0.1, 0.15) is 55.6 Å². The summed E-state index contributed by atoms with van der Waals surface area (Å²) in [6, 6.07) is 1.33. The van der Waals surface area contributed by atoms with Crippen LogP contribution >= 0.6 is 11.3 Å². The van der Waals surface area contributed by atoms with Crippen molar-refractivity contribution in [2.75, 3.05) is 0 Å². The van der Waals surface area contributed by atoms with Crippen molar-refractivity contribution in [1.82, 2.24) is 24.7 Å². The van der Waals surface area contributed by atoms with E-state index in [1.807, 2.05) is 49.9 Å². The summed E-state index contributed by atoms with van der Waals surface area (Å²) < 4.78 is 1.91. The molecule has 0 fully saturated rings. The predicted octanol–water partition coefficient (Wildman–Crippen LogP) is 2.27. The van der Waals surface area contributed by atoms with E-state index in [1.165, 1.54) is 11.3 Å². The highest BCUT2D eigenvalue weighted by Crippen LogP contribution is 2.20. The second kappa shape index (κ2) is 5.86. The van der Waals surface area contributed by atoms with E-state index in [2.05, 4.69) is 20.3 Å². The average Bonchev–Trinajstić information content (AvgIpc) is 3.06. The Hall–Kier alpha value is -2.48. The van der Waals surface area contributed by atoms with Gasteiger partial charge < -0.3 is 10.3 Å². The van der Waals surface area contributed by atoms with Gasteiger partial charge in [0.1, 0.15) is 5.69 Å². The molecule has 2 N–H and O–H groups in total. The number of H-pyrrole nitrogens is 1. The Bertz CT molecular complexity index is 919. The lowest BCUT2D eigenvalue weighted by molar-refractivity contribution is 0.0933. The lowest BCUT2D eigenvalue weighted by Gasteiger charge is -2.19. The van der Waals surface area contributed by atoms with Crippen LogP contribution in [0.15, 0.2) is 28.6 Å². The van der Waals surface area contributed by atoms with Crippen molar-refractivity contribution in [2.24, 2.45) is 0 Å². The van der Waals surface area contributed by atoms with E-state index in [0.29, 0.717) is 5.69 Å². The van der Waals surface area contributed by atoms with E-state index >= 15 is 0 Å². The molecule has 7 nitrogen and oxygen atoms in total. The van der Waals surface area contributed by atoms with Crippen molar-refractivity contribution in [3.8, 4) is 0 Å². The van der Waals surface area contributed by atoms with Crippen molar-refractivity contribution < 1.29 is 4.79 Å². The zero-order valence-electron chi connectivity index (χ0n) is 14.0. The molecule has 3 heterocycles. The fraction of sp³-hybridized carbons (Fsp3) is 0.375. The molecule has 0 saturated carbocycles. The van der Waals surface area contributed by atoms with Gasteiger partial charge in [-0.25, -0.2) is 9.78 Å². The first-order valence-electron chi connectivity index (χ1n) is 7.59. The minimum absolute atomic E-state index is 0.108. The van der Waals surface area contributed by atoms with Crippen molar-refractivity contribution in [1.29, 1.82) is 0 Å². The monoisotopic (exact) mass is 345 g/mol. The SMILES string of the molecule is CC(NC(=O)c1cc(C(C)(C)C)[nH]c(=O)n1)c1cn2ccsc2n1. The van der Waals surface area contributed by atoms with Crippen LogP contribution < -0.4 is 11.0 Å². The maximum Gasteiger partial charge on any atom is 0.345 e. The summed E-state index contributed by atoms with van der Waals surface area (Å²) in [5, 5.41) is 4.79. The summed E-state index contributed by atoms with van der Waals surface area (Å²) in [5.41, 5.74) is 0.731. The summed E-state index contributed by atoms with van der Waals surface area (Å²) in [4.78, 5) is 36.0. The largest absolute Gasteiger partial charge is 0.345 e. The molecule has 8 heteroatoms. The van der Waals surface area contributed by atoms with E-state index in [9.17, 15) is 9.59 Å². The molecule has 0 radical (unpaired) electrons. The molecule has 0 bridgehead atoms. The molecule has 0 spiro atoms. The molecule has 0 aliphatic rings. The Morgan fingerprint density at radius 1 is 1.38 bits per heavy atom. The topological polar surface area (TPSA) is 92.1 Å². The first kappa shape index (κ1) is 16.4. The second-order valence-corrected chi connectivity index (χ2v) is 7.56. The number of aromatic nitrogens is 4. The fourth-order valence-electron chi connectivity index (χ4n) is 2.28. The van der Waals surface area contributed by atoms with Gasteiger partial charge in [0, 0.05) is 28.9 Å². The number of aromatic amines is 1. The van der Waals surface area contributed by atoms with Crippen LogP contribution in [-0.2, 0) is 5.41 Å². The number of thiazole rings is 1. The van der Waals surface area contributed by atoms with Gasteiger partial charge in [-0.1, -0.05) is 20.8 Å². The lowest BCUT2D eigenvalue weighted by atomic mass is 9.91. The van der Waals surface area contributed by atoms with Gasteiger partial charge >= 0.3 is 5.69 Å². The van der Waals surface area contributed by atoms with Gasteiger partial charge in [0.05, 0.1) is 11.7 Å². The molecule has 24 heavy (non-hydrogen) atoms. The number of hydrogen-bond acceptors (Lipinski definition) is 5. The third-order valence-electron chi connectivity index (χ3n) is 3.69. The highest BCUT2D eigenvalue weighted by molar-refractivity contribution is 7.15. The van der Waals surface area contributed by atoms with E-state index in [4.69, 9.17) is 0 Å². The number of amides is 1. The molecule has 1 unspecified atom stereocenters. The smallest absolute Gasteiger partial charge is 0.343 e. The Morgan fingerprint density at radius 3 is 2.79 bits per heavy atom. The number of rotatable bonds is 3. The molecule has 0 saturated heterocycles. The lowest BCUT2D eigenvalue weighted by Crippen LogP contribution is -2.31. The molecule has 0 aliphatic carbocycles. The number of carbonyl (C=O) groups excluding carboxylic acids is 1. The number of nitrogens with zero attached hydrogens (tertiary/aromatic N) is 3. The number of hydrogen-bond donors (Lipinski definition) is 2. The van der Waals surface area contributed by atoms with Crippen LogP contribution in [0.4, 0.5) is 0 Å². The molecule has 1 amide bonds. The zero-order valence-corrected chi connectivity index (χ0v) is 14.8. The average molecular weight is 345 g/mol. The van der Waals surface area contributed by atoms with Crippen molar-refractivity contribution in [3.05, 3.63) is 51.4 Å². The Morgan fingerprint density at radius 2 is 2.12 bits per heavy atom. The molecular formula is C16H19N5O2S. The van der Waals surface area contributed by atoms with Crippen LogP contribution in [0.25, 0.3) is 4.96 Å². The van der Waals surface area contributed by atoms with Crippen LogP contribution in [0.5, 0.6) is 0 Å². The van der Waals surface area contributed by atoms with Crippen LogP contribution in [0.2, 0.25) is 0 Å². The number of nitrogens with one attached hydrogen (secondary N) is 2. The normalized spacial score (nSPS) is 13.2. The van der Waals surface area contributed by atoms with Crippen LogP contribution in [0.3, 0.4) is 0 Å². The molecule has 3 aromatic rings. The Kier molecular flexibility index (Phi) is 4.00. The number of carbonyl (C=O) groups is 1. The summed E-state index contributed by atoms with van der Waals surface area (Å²) in [5.74, 6) is -0.393. The minimum atomic E-state index is -0.525. The first-order chi connectivity index (χ1) is 11.2. The standard InChI is InChI=1S/C16H19N5O2S/c1-9(11-8-21-5-6-24-15(21)19-11)17-13(22)10-7-12(16(2,3)4)20-14(23)18-10/h5-9H,1-4H3,(H,17,22)(H,18,20,23). The predicted molar refractivity (Wildman–Crippen MR) is 92.5 cm³/mol. The van der Waals surface area contributed by atoms with Crippen LogP contribution in [0, 0.1) is 0 Å². The van der Waals surface area contributed by atoms with Gasteiger partial charge in [-0.05, 0) is 13.0 Å². The van der Waals surface area contributed by atoms with E-state index in [1.54, 1.807) is 6.07 Å². The Labute approximate surface area is 142 Å². The summed E-state index contributed by atoms with van der Waals surface area (Å²) in [6.45, 7) is 7.73. The maximum absolute atomic E-state index is 12.5. The molecule has 0 aliphatic heterocycles. The highest BCUT2D eigenvalue weighted by Gasteiger charge is 2.20. The summed E-state index contributed by atoms with van der Waals surface area (Å²) in [6.07, 6.45) is 3.79. The zero-order chi connectivity index (χ0) is 17.5. The van der Waals surface area contributed by atoms with Crippen molar-refractivity contribution >= 4 is 22.2 Å². The minimum Gasteiger partial charge on any atom is -0.343 e. The van der Waals surface area contributed by atoms with Gasteiger partial charge in [0.2, 0.25) is 0 Å². The molecular weight excluding hydrogens is 326 g/mol. The van der Waals surface area contributed by atoms with Crippen molar-refractivity contribution in [3.63, 3.8) is 0 Å². The molecule has 126 valence electrons. The van der Waals surface area contributed by atoms with E-state index < -0.39 is 11.6 Å². The fourth-order valence-corrected chi connectivity index (χ4v) is 2.98. The summed E-state index contributed by atoms with van der Waals surface area (Å²) >= 11 is 1.53. The third kappa shape index (κ3) is 3.23. The number of imidazole rings is 1. The number of fused-ring (bicyclic) bond motifs is 1. The molecule has 3 aromatic heterocycles. The molecule has 0 aromatic carbocycles. The molecule has 1 atom stereocenters. The van der Waals surface area contributed by atoms with Gasteiger partial charge in [-0.15, -0.1) is 11.3 Å². The molecule has 3 rings (SSSR count). The van der Waals surface area contributed by atoms with Gasteiger partial charge in [-0.2, -0.15) is 4.98 Å². The second-order valence-electron chi connectivity index (χ2n) is 6.69. The van der Waals surface area contributed by atoms with Gasteiger partial charge in [0.15, 0.2) is 4.96 Å². The third-order valence-corrected chi connectivity index (χ3v) is 4.46. The Balaban J connectivity index is 1.83. The highest BCUT2D eigenvalue weighted by atomic mass is 32.1. The van der Waals surface area contributed by atoms with E-state index in [0.717, 1.165) is 10.7 Å².